The lowest BCUT2D eigenvalue weighted by Crippen LogP contribution is -2.07. The Bertz CT molecular complexity index is 476. The maximum atomic E-state index is 4.41. The fourth-order valence-corrected chi connectivity index (χ4v) is 2.12. The molecule has 2 aliphatic rings. The molecule has 0 saturated heterocycles. The predicted molar refractivity (Wildman–Crippen MR) is 75.6 cm³/mol. The maximum absolute atomic E-state index is 4.41. The number of nitrogens with zero attached hydrogens (tertiary/aromatic N) is 4. The molecule has 4 heteroatoms. The van der Waals surface area contributed by atoms with Crippen LogP contribution in [0.1, 0.15) is 23.2 Å². The second-order valence-electron chi connectivity index (χ2n) is 4.32. The maximum Gasteiger partial charge on any atom is 0.0944 e. The van der Waals surface area contributed by atoms with Crippen molar-refractivity contribution in [1.29, 1.82) is 0 Å². The quantitative estimate of drug-likeness (QED) is 0.757. The third kappa shape index (κ3) is 2.27. The van der Waals surface area contributed by atoms with Gasteiger partial charge in [-0.25, -0.2) is 0 Å². The van der Waals surface area contributed by atoms with Crippen LogP contribution in [0.3, 0.4) is 0 Å². The standard InChI is InChI=1S/C14H14N4/c1-2-12(14-10-16-6-8-18-14)4-3-11(1)13-9-15-5-7-17-13/h1-8,13-14H,9-10H2/t13-,14-/m1/s1. The van der Waals surface area contributed by atoms with Crippen LogP contribution in [0.2, 0.25) is 0 Å². The molecular formula is C14H14N4. The van der Waals surface area contributed by atoms with E-state index < -0.39 is 0 Å². The molecule has 1 aromatic carbocycles. The number of benzene rings is 1. The molecule has 18 heavy (non-hydrogen) atoms. The SMILES string of the molecule is C1=NC[C@H](c2ccc([C@H]3CN=CC=N3)cc2)N=C1. The van der Waals surface area contributed by atoms with Gasteiger partial charge < -0.3 is 0 Å². The van der Waals surface area contributed by atoms with Crippen molar-refractivity contribution < 1.29 is 0 Å². The van der Waals surface area contributed by atoms with Gasteiger partial charge in [0.25, 0.3) is 0 Å². The molecule has 2 heterocycles. The van der Waals surface area contributed by atoms with Crippen molar-refractivity contribution in [3.63, 3.8) is 0 Å². The lowest BCUT2D eigenvalue weighted by Gasteiger charge is -2.15. The molecule has 0 N–H and O–H groups in total. The Morgan fingerprint density at radius 2 is 1.11 bits per heavy atom. The predicted octanol–water partition coefficient (Wildman–Crippen LogP) is 2.08. The molecule has 0 spiro atoms. The largest absolute Gasteiger partial charge is 0.289 e. The zero-order valence-electron chi connectivity index (χ0n) is 9.98. The van der Waals surface area contributed by atoms with Gasteiger partial charge in [0, 0.05) is 24.9 Å². The van der Waals surface area contributed by atoms with Gasteiger partial charge in [-0.15, -0.1) is 0 Å². The highest BCUT2D eigenvalue weighted by atomic mass is 14.9. The number of aliphatic imine (C=N–C) groups is 4. The normalized spacial score (nSPS) is 25.6. The molecule has 0 radical (unpaired) electrons. The van der Waals surface area contributed by atoms with E-state index in [1.807, 2.05) is 0 Å². The summed E-state index contributed by atoms with van der Waals surface area (Å²) in [6.07, 6.45) is 7.03. The Kier molecular flexibility index (Phi) is 3.08. The van der Waals surface area contributed by atoms with E-state index in [9.17, 15) is 0 Å². The number of hydrogen-bond donors (Lipinski definition) is 0. The molecule has 2 aliphatic heterocycles. The van der Waals surface area contributed by atoms with E-state index in [-0.39, 0.29) is 12.1 Å². The van der Waals surface area contributed by atoms with Gasteiger partial charge in [-0.3, -0.25) is 20.0 Å². The molecule has 90 valence electrons. The average molecular weight is 238 g/mol. The molecule has 0 bridgehead atoms. The van der Waals surface area contributed by atoms with Gasteiger partial charge in [-0.05, 0) is 11.1 Å². The molecule has 0 amide bonds. The molecule has 0 aliphatic carbocycles. The Morgan fingerprint density at radius 3 is 1.44 bits per heavy atom. The summed E-state index contributed by atoms with van der Waals surface area (Å²) in [5.74, 6) is 0. The second-order valence-corrected chi connectivity index (χ2v) is 4.32. The minimum absolute atomic E-state index is 0.164. The van der Waals surface area contributed by atoms with Crippen molar-refractivity contribution in [3.8, 4) is 0 Å². The van der Waals surface area contributed by atoms with Crippen LogP contribution in [-0.4, -0.2) is 37.9 Å². The van der Waals surface area contributed by atoms with Crippen LogP contribution in [0, 0.1) is 0 Å². The van der Waals surface area contributed by atoms with Crippen LogP contribution < -0.4 is 0 Å². The summed E-state index contributed by atoms with van der Waals surface area (Å²) in [7, 11) is 0. The van der Waals surface area contributed by atoms with Crippen LogP contribution in [0.25, 0.3) is 0 Å². The van der Waals surface area contributed by atoms with E-state index in [0.29, 0.717) is 0 Å². The van der Waals surface area contributed by atoms with Crippen molar-refractivity contribution in [1.82, 2.24) is 0 Å². The van der Waals surface area contributed by atoms with Crippen LogP contribution >= 0.6 is 0 Å². The minimum atomic E-state index is 0.164. The van der Waals surface area contributed by atoms with Gasteiger partial charge >= 0.3 is 0 Å². The van der Waals surface area contributed by atoms with E-state index in [0.717, 1.165) is 13.1 Å². The first kappa shape index (κ1) is 11.0. The van der Waals surface area contributed by atoms with Crippen LogP contribution in [-0.2, 0) is 0 Å². The first-order valence-electron chi connectivity index (χ1n) is 6.06. The fourth-order valence-electron chi connectivity index (χ4n) is 2.12. The second kappa shape index (κ2) is 5.04. The van der Waals surface area contributed by atoms with Gasteiger partial charge in [-0.2, -0.15) is 0 Å². The van der Waals surface area contributed by atoms with E-state index >= 15 is 0 Å². The lowest BCUT2D eigenvalue weighted by atomic mass is 10.0. The lowest BCUT2D eigenvalue weighted by molar-refractivity contribution is 0.727. The Balaban J connectivity index is 1.76. The number of rotatable bonds is 2. The highest BCUT2D eigenvalue weighted by Crippen LogP contribution is 2.23. The highest BCUT2D eigenvalue weighted by molar-refractivity contribution is 6.16. The molecule has 0 fully saturated rings. The zero-order chi connectivity index (χ0) is 12.2. The third-order valence-corrected chi connectivity index (χ3v) is 3.14. The fraction of sp³-hybridized carbons (Fsp3) is 0.286. The van der Waals surface area contributed by atoms with E-state index in [2.05, 4.69) is 44.2 Å². The summed E-state index contributed by atoms with van der Waals surface area (Å²) in [6, 6.07) is 8.80. The summed E-state index contributed by atoms with van der Waals surface area (Å²) in [5.41, 5.74) is 2.41. The molecule has 4 nitrogen and oxygen atoms in total. The summed E-state index contributed by atoms with van der Waals surface area (Å²) < 4.78 is 0. The molecule has 2 atom stereocenters. The molecule has 0 saturated carbocycles. The van der Waals surface area contributed by atoms with Gasteiger partial charge in [-0.1, -0.05) is 24.3 Å². The van der Waals surface area contributed by atoms with Gasteiger partial charge in [0.2, 0.25) is 0 Å². The van der Waals surface area contributed by atoms with Crippen LogP contribution in [0.15, 0.2) is 44.2 Å². The third-order valence-electron chi connectivity index (χ3n) is 3.14. The van der Waals surface area contributed by atoms with E-state index in [1.54, 1.807) is 24.9 Å². The van der Waals surface area contributed by atoms with E-state index in [1.165, 1.54) is 11.1 Å². The molecule has 3 rings (SSSR count). The molecule has 0 unspecified atom stereocenters. The van der Waals surface area contributed by atoms with Gasteiger partial charge in [0.15, 0.2) is 0 Å². The minimum Gasteiger partial charge on any atom is -0.289 e. The van der Waals surface area contributed by atoms with E-state index in [4.69, 9.17) is 0 Å². The first-order valence-corrected chi connectivity index (χ1v) is 6.06. The van der Waals surface area contributed by atoms with Crippen LogP contribution in [0.5, 0.6) is 0 Å². The average Bonchev–Trinajstić information content (AvgIpc) is 2.49. The monoisotopic (exact) mass is 238 g/mol. The first-order chi connectivity index (χ1) is 8.93. The summed E-state index contributed by atoms with van der Waals surface area (Å²) in [6.45, 7) is 1.48. The summed E-state index contributed by atoms with van der Waals surface area (Å²) >= 11 is 0. The molecule has 0 aromatic heterocycles. The molecule has 1 aromatic rings. The molecular weight excluding hydrogens is 224 g/mol. The summed E-state index contributed by atoms with van der Waals surface area (Å²) in [5, 5.41) is 0. The number of hydrogen-bond acceptors (Lipinski definition) is 4. The Labute approximate surface area is 106 Å². The van der Waals surface area contributed by atoms with Crippen LogP contribution in [0.4, 0.5) is 0 Å². The van der Waals surface area contributed by atoms with Gasteiger partial charge in [0.1, 0.15) is 0 Å². The Hall–Kier alpha value is -2.10. The van der Waals surface area contributed by atoms with Crippen molar-refractivity contribution in [3.05, 3.63) is 35.4 Å². The Morgan fingerprint density at radius 1 is 0.667 bits per heavy atom. The van der Waals surface area contributed by atoms with Crippen molar-refractivity contribution in [2.75, 3.05) is 13.1 Å². The van der Waals surface area contributed by atoms with Crippen molar-refractivity contribution in [2.24, 2.45) is 20.0 Å². The van der Waals surface area contributed by atoms with Gasteiger partial charge in [0.05, 0.1) is 25.2 Å². The topological polar surface area (TPSA) is 49.4 Å². The zero-order valence-corrected chi connectivity index (χ0v) is 9.98. The van der Waals surface area contributed by atoms with Crippen molar-refractivity contribution in [2.45, 2.75) is 12.1 Å². The smallest absolute Gasteiger partial charge is 0.0944 e. The summed E-state index contributed by atoms with van der Waals surface area (Å²) in [4.78, 5) is 17.3. The highest BCUT2D eigenvalue weighted by Gasteiger charge is 2.13. The van der Waals surface area contributed by atoms with Crippen molar-refractivity contribution >= 4 is 24.9 Å².